The molecule has 2 heterocycles. The Bertz CT molecular complexity index is 1040. The summed E-state index contributed by atoms with van der Waals surface area (Å²) in [5.74, 6) is 0.0829. The van der Waals surface area contributed by atoms with E-state index in [1.54, 1.807) is 24.3 Å². The largest absolute Gasteiger partial charge is 0.507 e. The minimum atomic E-state index is -0.0105. The van der Waals surface area contributed by atoms with Gasteiger partial charge in [-0.2, -0.15) is 0 Å². The van der Waals surface area contributed by atoms with Crippen molar-refractivity contribution in [2.75, 3.05) is 0 Å². The van der Waals surface area contributed by atoms with E-state index in [1.165, 1.54) is 24.3 Å². The van der Waals surface area contributed by atoms with E-state index in [9.17, 15) is 20.4 Å². The second-order valence-electron chi connectivity index (χ2n) is 5.78. The van der Waals surface area contributed by atoms with Crippen LogP contribution >= 0.6 is 0 Å². The number of fused-ring (bicyclic) bond motifs is 2. The minimum Gasteiger partial charge on any atom is -0.507 e. The molecule has 0 atom stereocenters. The van der Waals surface area contributed by atoms with Gasteiger partial charge in [-0.25, -0.2) is 9.97 Å². The fourth-order valence-electron chi connectivity index (χ4n) is 2.84. The number of phenols is 4. The van der Waals surface area contributed by atoms with E-state index in [1.807, 2.05) is 0 Å². The van der Waals surface area contributed by atoms with Crippen LogP contribution in [-0.2, 0) is 25.9 Å². The molecule has 7 heteroatoms. The van der Waals surface area contributed by atoms with Crippen LogP contribution in [0.15, 0.2) is 48.5 Å². The molecule has 0 radical (unpaired) electrons. The van der Waals surface area contributed by atoms with Crippen molar-refractivity contribution in [3.63, 3.8) is 0 Å². The standard InChI is InChI=1S/C19H14N2O4.Zn/c22-14-5-7-16(24)18-12(14)3-1-10(20-18)9-11-2-4-13-15(23)6-8-17(25)19(13)21-11;/h1-8,22-25H,9H2;. The number of rotatable bonds is 2. The van der Waals surface area contributed by atoms with Gasteiger partial charge in [0.05, 0.1) is 0 Å². The van der Waals surface area contributed by atoms with E-state index in [2.05, 4.69) is 9.97 Å². The second kappa shape index (κ2) is 6.77. The van der Waals surface area contributed by atoms with Crippen LogP contribution in [0.2, 0.25) is 0 Å². The Morgan fingerprint density at radius 1 is 0.538 bits per heavy atom. The Labute approximate surface area is 161 Å². The van der Waals surface area contributed by atoms with Gasteiger partial charge in [-0.3, -0.25) is 0 Å². The van der Waals surface area contributed by atoms with Gasteiger partial charge in [-0.15, -0.1) is 0 Å². The molecule has 4 N–H and O–H groups in total. The third-order valence-electron chi connectivity index (χ3n) is 4.10. The van der Waals surface area contributed by atoms with Crippen LogP contribution < -0.4 is 0 Å². The normalized spacial score (nSPS) is 10.8. The summed E-state index contributed by atoms with van der Waals surface area (Å²) in [7, 11) is 0. The Balaban J connectivity index is 0.00000196. The molecule has 0 fully saturated rings. The summed E-state index contributed by atoms with van der Waals surface area (Å²) in [5.41, 5.74) is 1.94. The van der Waals surface area contributed by atoms with Crippen LogP contribution in [0, 0.1) is 0 Å². The van der Waals surface area contributed by atoms with Crippen LogP contribution in [0.5, 0.6) is 23.0 Å². The first kappa shape index (κ1) is 17.9. The van der Waals surface area contributed by atoms with Gasteiger partial charge in [0.2, 0.25) is 0 Å². The molecule has 0 saturated carbocycles. The van der Waals surface area contributed by atoms with Crippen molar-refractivity contribution in [1.29, 1.82) is 0 Å². The predicted octanol–water partition coefficient (Wildman–Crippen LogP) is 3.19. The third kappa shape index (κ3) is 3.02. The van der Waals surface area contributed by atoms with Gasteiger partial charge in [0.15, 0.2) is 0 Å². The molecule has 0 spiro atoms. The minimum absolute atomic E-state index is 0. The average Bonchev–Trinajstić information content (AvgIpc) is 2.62. The van der Waals surface area contributed by atoms with Crippen LogP contribution in [0.3, 0.4) is 0 Å². The van der Waals surface area contributed by atoms with E-state index in [0.717, 1.165) is 0 Å². The first-order valence-corrected chi connectivity index (χ1v) is 7.64. The zero-order valence-corrected chi connectivity index (χ0v) is 16.7. The summed E-state index contributed by atoms with van der Waals surface area (Å²) in [5, 5.41) is 40.5. The molecular formula is C19H14N2O4Zn. The van der Waals surface area contributed by atoms with Gasteiger partial charge < -0.3 is 20.4 Å². The Hall–Kier alpha value is -2.92. The number of aromatic hydroxyl groups is 4. The molecule has 4 rings (SSSR count). The van der Waals surface area contributed by atoms with Gasteiger partial charge in [-0.05, 0) is 48.5 Å². The van der Waals surface area contributed by atoms with Crippen LogP contribution in [-0.4, -0.2) is 30.4 Å². The molecule has 0 saturated heterocycles. The van der Waals surface area contributed by atoms with E-state index in [-0.39, 0.29) is 42.5 Å². The molecule has 4 aromatic rings. The number of nitrogens with zero attached hydrogens (tertiary/aromatic N) is 2. The summed E-state index contributed by atoms with van der Waals surface area (Å²) in [6.07, 6.45) is 0.371. The van der Waals surface area contributed by atoms with Gasteiger partial charge in [0, 0.05) is 48.1 Å². The van der Waals surface area contributed by atoms with Crippen molar-refractivity contribution < 1.29 is 39.9 Å². The molecule has 0 aliphatic heterocycles. The predicted molar refractivity (Wildman–Crippen MR) is 93.0 cm³/mol. The summed E-state index contributed by atoms with van der Waals surface area (Å²) in [6, 6.07) is 12.5. The van der Waals surface area contributed by atoms with Crippen molar-refractivity contribution in [3.8, 4) is 23.0 Å². The third-order valence-corrected chi connectivity index (χ3v) is 4.10. The van der Waals surface area contributed by atoms with Gasteiger partial charge in [0.1, 0.15) is 34.0 Å². The van der Waals surface area contributed by atoms with Gasteiger partial charge in [0.25, 0.3) is 0 Å². The van der Waals surface area contributed by atoms with E-state index >= 15 is 0 Å². The topological polar surface area (TPSA) is 107 Å². The monoisotopic (exact) mass is 398 g/mol. The molecule has 2 aromatic heterocycles. The Morgan fingerprint density at radius 3 is 1.35 bits per heavy atom. The number of phenolic OH excluding ortho intramolecular Hbond substituents is 4. The maximum atomic E-state index is 9.94. The van der Waals surface area contributed by atoms with Crippen molar-refractivity contribution in [2.24, 2.45) is 0 Å². The van der Waals surface area contributed by atoms with Gasteiger partial charge >= 0.3 is 0 Å². The molecule has 0 aliphatic carbocycles. The first-order chi connectivity index (χ1) is 12.0. The van der Waals surface area contributed by atoms with E-state index in [0.29, 0.717) is 39.6 Å². The molecule has 0 amide bonds. The zero-order chi connectivity index (χ0) is 17.6. The molecule has 6 nitrogen and oxygen atoms in total. The summed E-state index contributed by atoms with van der Waals surface area (Å²) in [6.45, 7) is 0. The summed E-state index contributed by atoms with van der Waals surface area (Å²) < 4.78 is 0. The fourth-order valence-corrected chi connectivity index (χ4v) is 2.84. The summed E-state index contributed by atoms with van der Waals surface area (Å²) >= 11 is 0. The number of aromatic nitrogens is 2. The maximum absolute atomic E-state index is 9.94. The van der Waals surface area contributed by atoms with Crippen molar-refractivity contribution in [1.82, 2.24) is 9.97 Å². The smallest absolute Gasteiger partial charge is 0.142 e. The zero-order valence-electron chi connectivity index (χ0n) is 13.7. The maximum Gasteiger partial charge on any atom is 0.142 e. The molecule has 2 aromatic carbocycles. The SMILES string of the molecule is Oc1ccc(O)c2nc(Cc3ccc4c(O)ccc(O)c4n3)ccc12.[Zn]. The molecule has 0 unspecified atom stereocenters. The fraction of sp³-hybridized carbons (Fsp3) is 0.0526. The number of pyridine rings is 2. The number of hydrogen-bond donors (Lipinski definition) is 4. The van der Waals surface area contributed by atoms with Crippen molar-refractivity contribution in [2.45, 2.75) is 6.42 Å². The van der Waals surface area contributed by atoms with Crippen molar-refractivity contribution in [3.05, 3.63) is 59.9 Å². The Kier molecular flexibility index (Phi) is 4.66. The van der Waals surface area contributed by atoms with Gasteiger partial charge in [-0.1, -0.05) is 0 Å². The number of benzene rings is 2. The molecule has 0 aliphatic rings. The molecular weight excluding hydrogens is 386 g/mol. The molecule has 26 heavy (non-hydrogen) atoms. The number of hydrogen-bond acceptors (Lipinski definition) is 6. The van der Waals surface area contributed by atoms with E-state index < -0.39 is 0 Å². The van der Waals surface area contributed by atoms with Crippen LogP contribution in [0.1, 0.15) is 11.4 Å². The average molecular weight is 400 g/mol. The molecule has 126 valence electrons. The molecule has 0 bridgehead atoms. The first-order valence-electron chi connectivity index (χ1n) is 7.64. The quantitative estimate of drug-likeness (QED) is 0.305. The Morgan fingerprint density at radius 2 is 0.923 bits per heavy atom. The second-order valence-corrected chi connectivity index (χ2v) is 5.78. The van der Waals surface area contributed by atoms with Crippen molar-refractivity contribution >= 4 is 21.8 Å². The van der Waals surface area contributed by atoms with Crippen LogP contribution in [0.25, 0.3) is 21.8 Å². The van der Waals surface area contributed by atoms with Crippen LogP contribution in [0.4, 0.5) is 0 Å². The van der Waals surface area contributed by atoms with E-state index in [4.69, 9.17) is 0 Å². The summed E-state index contributed by atoms with van der Waals surface area (Å²) in [4.78, 5) is 8.78.